The minimum atomic E-state index is -1.41. The van der Waals surface area contributed by atoms with E-state index in [-0.39, 0.29) is 21.9 Å². The molecule has 1 heterocycles. The van der Waals surface area contributed by atoms with Crippen LogP contribution in [0.5, 0.6) is 0 Å². The monoisotopic (exact) mass is 422 g/mol. The van der Waals surface area contributed by atoms with Gasteiger partial charge in [0, 0.05) is 24.8 Å². The van der Waals surface area contributed by atoms with Crippen LogP contribution >= 0.6 is 0 Å². The second-order valence-corrected chi connectivity index (χ2v) is 7.00. The van der Waals surface area contributed by atoms with Crippen molar-refractivity contribution in [1.29, 1.82) is 0 Å². The molecule has 31 heavy (non-hydrogen) atoms. The minimum absolute atomic E-state index is 0.0977. The number of hydrogen-bond acceptors (Lipinski definition) is 5. The van der Waals surface area contributed by atoms with Crippen molar-refractivity contribution in [3.05, 3.63) is 85.1 Å². The number of anilines is 1. The SMILES string of the molecule is CCN(CC)c1ccc2[nH]c3c(C(=O)O)c(-c4ccc(F)cc4)c(=O)c(=O)c=3oc2c1. The van der Waals surface area contributed by atoms with Crippen molar-refractivity contribution in [2.45, 2.75) is 13.8 Å². The van der Waals surface area contributed by atoms with Gasteiger partial charge in [-0.05, 0) is 43.7 Å². The van der Waals surface area contributed by atoms with Gasteiger partial charge in [-0.3, -0.25) is 9.59 Å². The lowest BCUT2D eigenvalue weighted by atomic mass is 9.98. The molecular weight excluding hydrogens is 403 g/mol. The van der Waals surface area contributed by atoms with Gasteiger partial charge in [-0.15, -0.1) is 0 Å². The zero-order valence-electron chi connectivity index (χ0n) is 16.9. The summed E-state index contributed by atoms with van der Waals surface area (Å²) in [6.07, 6.45) is 0. The molecule has 2 N–H and O–H groups in total. The average molecular weight is 422 g/mol. The van der Waals surface area contributed by atoms with Crippen molar-refractivity contribution < 1.29 is 18.7 Å². The number of halogens is 1. The van der Waals surface area contributed by atoms with E-state index in [1.807, 2.05) is 19.9 Å². The summed E-state index contributed by atoms with van der Waals surface area (Å²) in [5, 5.41) is 9.77. The highest BCUT2D eigenvalue weighted by Crippen LogP contribution is 2.25. The zero-order chi connectivity index (χ0) is 22.3. The molecule has 0 saturated carbocycles. The number of rotatable bonds is 5. The zero-order valence-corrected chi connectivity index (χ0v) is 16.9. The van der Waals surface area contributed by atoms with Gasteiger partial charge in [0.1, 0.15) is 11.2 Å². The molecule has 8 heteroatoms. The Hall–Kier alpha value is -3.94. The smallest absolute Gasteiger partial charge is 0.338 e. The highest BCUT2D eigenvalue weighted by molar-refractivity contribution is 5.96. The standard InChI is InChI=1S/C23H19FN2O5/c1-3-26(4-2)14-9-10-15-16(11-14)31-22-19(25-15)18(23(29)30)17(20(27)21(22)28)12-5-7-13(24)8-6-12/h5-11,25H,3-4H2,1-2H3,(H,29,30). The van der Waals surface area contributed by atoms with Crippen LogP contribution in [0.3, 0.4) is 0 Å². The van der Waals surface area contributed by atoms with E-state index in [2.05, 4.69) is 9.88 Å². The van der Waals surface area contributed by atoms with Gasteiger partial charge in [0.2, 0.25) is 10.8 Å². The Bertz CT molecular complexity index is 1480. The fourth-order valence-electron chi connectivity index (χ4n) is 3.73. The normalized spacial score (nSPS) is 11.2. The van der Waals surface area contributed by atoms with Crippen LogP contribution in [-0.4, -0.2) is 29.1 Å². The molecule has 0 radical (unpaired) electrons. The lowest BCUT2D eigenvalue weighted by Gasteiger charge is -2.21. The summed E-state index contributed by atoms with van der Waals surface area (Å²) >= 11 is 0. The number of benzene rings is 2. The Kier molecular flexibility index (Phi) is 5.06. The first-order chi connectivity index (χ1) is 14.8. The number of aromatic carboxylic acids is 1. The van der Waals surface area contributed by atoms with Crippen LogP contribution in [0.25, 0.3) is 22.2 Å². The van der Waals surface area contributed by atoms with Crippen molar-refractivity contribution in [1.82, 2.24) is 4.98 Å². The Balaban J connectivity index is 2.12. The van der Waals surface area contributed by atoms with Crippen LogP contribution in [0.2, 0.25) is 0 Å². The molecule has 0 bridgehead atoms. The van der Waals surface area contributed by atoms with Crippen LogP contribution in [-0.2, 0) is 0 Å². The number of carboxylic acid groups (broad SMARTS) is 1. The number of nitrogens with one attached hydrogen (secondary N) is 1. The molecule has 1 aliphatic carbocycles. The number of H-pyrrole nitrogens is 1. The summed E-state index contributed by atoms with van der Waals surface area (Å²) < 4.78 is 19.1. The fraction of sp³-hybridized carbons (Fsp3) is 0.174. The Labute approximate surface area is 175 Å². The molecule has 2 aromatic carbocycles. The third kappa shape index (κ3) is 3.35. The topological polar surface area (TPSA) is 104 Å². The minimum Gasteiger partial charge on any atom is -0.478 e. The van der Waals surface area contributed by atoms with Crippen LogP contribution in [0.15, 0.2) is 56.5 Å². The number of fused-ring (bicyclic) bond motifs is 1. The van der Waals surface area contributed by atoms with E-state index in [0.717, 1.165) is 30.9 Å². The molecule has 158 valence electrons. The third-order valence-corrected chi connectivity index (χ3v) is 5.28. The first-order valence-electron chi connectivity index (χ1n) is 9.76. The van der Waals surface area contributed by atoms with Crippen molar-refractivity contribution in [3.8, 4) is 11.1 Å². The molecule has 0 saturated heterocycles. The maximum Gasteiger partial charge on any atom is 0.338 e. The Morgan fingerprint density at radius 2 is 1.74 bits per heavy atom. The van der Waals surface area contributed by atoms with E-state index in [4.69, 9.17) is 4.42 Å². The summed E-state index contributed by atoms with van der Waals surface area (Å²) in [6.45, 7) is 5.54. The maximum absolute atomic E-state index is 13.3. The first-order valence-corrected chi connectivity index (χ1v) is 9.76. The van der Waals surface area contributed by atoms with E-state index in [9.17, 15) is 23.9 Å². The van der Waals surface area contributed by atoms with Gasteiger partial charge in [-0.1, -0.05) is 12.1 Å². The number of carbonyl (C=O) groups is 1. The Morgan fingerprint density at radius 1 is 1.06 bits per heavy atom. The van der Waals surface area contributed by atoms with Gasteiger partial charge >= 0.3 is 5.97 Å². The van der Waals surface area contributed by atoms with Crippen LogP contribution < -0.4 is 15.8 Å². The molecule has 0 aromatic heterocycles. The second-order valence-electron chi connectivity index (χ2n) is 7.00. The van der Waals surface area contributed by atoms with E-state index in [1.165, 1.54) is 12.1 Å². The summed E-state index contributed by atoms with van der Waals surface area (Å²) in [4.78, 5) is 42.8. The largest absolute Gasteiger partial charge is 0.478 e. The van der Waals surface area contributed by atoms with E-state index in [0.29, 0.717) is 11.1 Å². The molecule has 2 aliphatic rings. The van der Waals surface area contributed by atoms with Crippen LogP contribution in [0.4, 0.5) is 10.1 Å². The molecule has 0 spiro atoms. The summed E-state index contributed by atoms with van der Waals surface area (Å²) in [5.41, 5.74) is -1.28. The highest BCUT2D eigenvalue weighted by atomic mass is 19.1. The molecule has 7 nitrogen and oxygen atoms in total. The van der Waals surface area contributed by atoms with E-state index in [1.54, 1.807) is 12.1 Å². The molecule has 0 fully saturated rings. The van der Waals surface area contributed by atoms with Gasteiger partial charge < -0.3 is 19.4 Å². The van der Waals surface area contributed by atoms with E-state index >= 15 is 0 Å². The predicted octanol–water partition coefficient (Wildman–Crippen LogP) is 3.56. The van der Waals surface area contributed by atoms with Crippen molar-refractivity contribution in [2.24, 2.45) is 0 Å². The molecule has 2 aromatic rings. The number of aromatic nitrogens is 1. The summed E-state index contributed by atoms with van der Waals surface area (Å²) in [7, 11) is 0. The quantitative estimate of drug-likeness (QED) is 0.477. The van der Waals surface area contributed by atoms with Gasteiger partial charge in [0.05, 0.1) is 16.6 Å². The van der Waals surface area contributed by atoms with Gasteiger partial charge in [0.15, 0.2) is 5.58 Å². The van der Waals surface area contributed by atoms with Crippen molar-refractivity contribution in [3.63, 3.8) is 0 Å². The second kappa shape index (κ2) is 7.71. The summed E-state index contributed by atoms with van der Waals surface area (Å²) in [5.74, 6) is -1.96. The van der Waals surface area contributed by atoms with Crippen molar-refractivity contribution in [2.75, 3.05) is 18.0 Å². The number of nitrogens with zero attached hydrogens (tertiary/aromatic N) is 1. The molecular formula is C23H19FN2O5. The van der Waals surface area contributed by atoms with Crippen molar-refractivity contribution >= 4 is 22.8 Å². The number of aromatic amines is 1. The molecule has 1 aliphatic heterocycles. The highest BCUT2D eigenvalue weighted by Gasteiger charge is 2.23. The molecule has 4 rings (SSSR count). The van der Waals surface area contributed by atoms with Gasteiger partial charge in [-0.25, -0.2) is 9.18 Å². The summed E-state index contributed by atoms with van der Waals surface area (Å²) in [6, 6.07) is 10.0. The molecule has 0 amide bonds. The van der Waals surface area contributed by atoms with Crippen LogP contribution in [0, 0.1) is 16.6 Å². The Morgan fingerprint density at radius 3 is 2.35 bits per heavy atom. The molecule has 0 unspecified atom stereocenters. The maximum atomic E-state index is 13.3. The molecule has 0 atom stereocenters. The average Bonchev–Trinajstić information content (AvgIpc) is 2.76. The van der Waals surface area contributed by atoms with Gasteiger partial charge in [0.25, 0.3) is 5.43 Å². The van der Waals surface area contributed by atoms with Crippen LogP contribution in [0.1, 0.15) is 24.2 Å². The first kappa shape index (κ1) is 20.3. The number of hydrogen-bond donors (Lipinski definition) is 2. The lowest BCUT2D eigenvalue weighted by Crippen LogP contribution is -2.30. The predicted molar refractivity (Wildman–Crippen MR) is 114 cm³/mol. The number of carboxylic acids is 1. The lowest BCUT2D eigenvalue weighted by molar-refractivity contribution is 0.0695. The fourth-order valence-corrected chi connectivity index (χ4v) is 3.73. The third-order valence-electron chi connectivity index (χ3n) is 5.28. The van der Waals surface area contributed by atoms with E-state index < -0.39 is 28.2 Å². The van der Waals surface area contributed by atoms with Gasteiger partial charge in [-0.2, -0.15) is 0 Å².